The Morgan fingerprint density at radius 3 is 2.77 bits per heavy atom. The number of furan rings is 1. The Morgan fingerprint density at radius 1 is 1.36 bits per heavy atom. The van der Waals surface area contributed by atoms with Gasteiger partial charge >= 0.3 is 0 Å². The van der Waals surface area contributed by atoms with Crippen LogP contribution in [0.4, 0.5) is 11.4 Å². The van der Waals surface area contributed by atoms with Gasteiger partial charge in [-0.15, -0.1) is 0 Å². The zero-order chi connectivity index (χ0) is 16.1. The average Bonchev–Trinajstić information content (AvgIpc) is 2.93. The third-order valence-corrected chi connectivity index (χ3v) is 3.13. The SMILES string of the molecule is Cc1cccc([N+](=O)[O-])c1NC(=O)CN(C)Cc1ccco1. The lowest BCUT2D eigenvalue weighted by Crippen LogP contribution is -2.30. The second-order valence-corrected chi connectivity index (χ2v) is 5.03. The standard InChI is InChI=1S/C15H17N3O4/c1-11-5-3-7-13(18(20)21)15(11)16-14(19)10-17(2)9-12-6-4-8-22-12/h3-8H,9-10H2,1-2H3,(H,16,19). The number of para-hydroxylation sites is 1. The number of nitrogens with one attached hydrogen (secondary N) is 1. The summed E-state index contributed by atoms with van der Waals surface area (Å²) in [6.45, 7) is 2.30. The number of carbonyl (C=O) groups is 1. The zero-order valence-corrected chi connectivity index (χ0v) is 12.4. The van der Waals surface area contributed by atoms with Gasteiger partial charge in [0.25, 0.3) is 5.69 Å². The van der Waals surface area contributed by atoms with E-state index in [1.807, 2.05) is 6.07 Å². The van der Waals surface area contributed by atoms with Crippen molar-refractivity contribution in [3.63, 3.8) is 0 Å². The maximum absolute atomic E-state index is 12.1. The summed E-state index contributed by atoms with van der Waals surface area (Å²) in [6, 6.07) is 8.27. The van der Waals surface area contributed by atoms with Gasteiger partial charge in [-0.05, 0) is 31.7 Å². The molecule has 1 aromatic carbocycles. The van der Waals surface area contributed by atoms with Crippen LogP contribution in [0.3, 0.4) is 0 Å². The van der Waals surface area contributed by atoms with E-state index in [0.717, 1.165) is 5.76 Å². The number of anilines is 1. The van der Waals surface area contributed by atoms with Crippen LogP contribution in [0.25, 0.3) is 0 Å². The molecule has 7 heteroatoms. The molecule has 0 aliphatic carbocycles. The van der Waals surface area contributed by atoms with Crippen LogP contribution in [-0.2, 0) is 11.3 Å². The Kier molecular flexibility index (Phi) is 4.90. The van der Waals surface area contributed by atoms with Crippen LogP contribution < -0.4 is 5.32 Å². The van der Waals surface area contributed by atoms with Gasteiger partial charge in [0, 0.05) is 6.07 Å². The molecular formula is C15H17N3O4. The van der Waals surface area contributed by atoms with Crippen molar-refractivity contribution in [3.05, 3.63) is 58.0 Å². The number of hydrogen-bond acceptors (Lipinski definition) is 5. The van der Waals surface area contributed by atoms with Gasteiger partial charge < -0.3 is 9.73 Å². The van der Waals surface area contributed by atoms with E-state index in [1.165, 1.54) is 6.07 Å². The van der Waals surface area contributed by atoms with Gasteiger partial charge in [0.2, 0.25) is 5.91 Å². The normalized spacial score (nSPS) is 10.7. The van der Waals surface area contributed by atoms with E-state index in [1.54, 1.807) is 43.3 Å². The molecule has 0 saturated heterocycles. The third kappa shape index (κ3) is 3.92. The second-order valence-electron chi connectivity index (χ2n) is 5.03. The molecule has 7 nitrogen and oxygen atoms in total. The van der Waals surface area contributed by atoms with Crippen molar-refractivity contribution in [1.29, 1.82) is 0 Å². The second kappa shape index (κ2) is 6.86. The summed E-state index contributed by atoms with van der Waals surface area (Å²) in [4.78, 5) is 24.4. The summed E-state index contributed by atoms with van der Waals surface area (Å²) >= 11 is 0. The smallest absolute Gasteiger partial charge is 0.293 e. The van der Waals surface area contributed by atoms with Crippen molar-refractivity contribution in [2.24, 2.45) is 0 Å². The molecule has 0 atom stereocenters. The predicted octanol–water partition coefficient (Wildman–Crippen LogP) is 2.57. The zero-order valence-electron chi connectivity index (χ0n) is 12.4. The van der Waals surface area contributed by atoms with E-state index in [0.29, 0.717) is 12.1 Å². The molecule has 0 aliphatic rings. The highest BCUT2D eigenvalue weighted by atomic mass is 16.6. The Balaban J connectivity index is 2.01. The lowest BCUT2D eigenvalue weighted by Gasteiger charge is -2.15. The van der Waals surface area contributed by atoms with Crippen molar-refractivity contribution in [2.45, 2.75) is 13.5 Å². The van der Waals surface area contributed by atoms with Crippen molar-refractivity contribution >= 4 is 17.3 Å². The first kappa shape index (κ1) is 15.7. The van der Waals surface area contributed by atoms with E-state index in [9.17, 15) is 14.9 Å². The van der Waals surface area contributed by atoms with Crippen LogP contribution >= 0.6 is 0 Å². The van der Waals surface area contributed by atoms with Gasteiger partial charge in [0.15, 0.2) is 0 Å². The van der Waals surface area contributed by atoms with Crippen LogP contribution in [0.15, 0.2) is 41.0 Å². The predicted molar refractivity (Wildman–Crippen MR) is 81.5 cm³/mol. The van der Waals surface area contributed by atoms with Crippen molar-refractivity contribution in [2.75, 3.05) is 18.9 Å². The molecule has 2 aromatic rings. The molecule has 0 radical (unpaired) electrons. The Hall–Kier alpha value is -2.67. The van der Waals surface area contributed by atoms with Crippen molar-refractivity contribution in [3.8, 4) is 0 Å². The van der Waals surface area contributed by atoms with E-state index in [2.05, 4.69) is 5.32 Å². The third-order valence-electron chi connectivity index (χ3n) is 3.13. The number of amides is 1. The van der Waals surface area contributed by atoms with Gasteiger partial charge in [-0.3, -0.25) is 19.8 Å². The fourth-order valence-corrected chi connectivity index (χ4v) is 2.12. The molecule has 1 N–H and O–H groups in total. The topological polar surface area (TPSA) is 88.6 Å². The van der Waals surface area contributed by atoms with Gasteiger partial charge in [-0.1, -0.05) is 12.1 Å². The molecular weight excluding hydrogens is 286 g/mol. The fraction of sp³-hybridized carbons (Fsp3) is 0.267. The number of nitrogens with zero attached hydrogens (tertiary/aromatic N) is 2. The van der Waals surface area contributed by atoms with Crippen LogP contribution in [0.5, 0.6) is 0 Å². The van der Waals surface area contributed by atoms with Crippen molar-refractivity contribution < 1.29 is 14.1 Å². The summed E-state index contributed by atoms with van der Waals surface area (Å²) in [5.74, 6) is 0.434. The van der Waals surface area contributed by atoms with Crippen LogP contribution in [0.2, 0.25) is 0 Å². The lowest BCUT2D eigenvalue weighted by molar-refractivity contribution is -0.384. The highest BCUT2D eigenvalue weighted by Crippen LogP contribution is 2.27. The van der Waals surface area contributed by atoms with Gasteiger partial charge in [-0.25, -0.2) is 0 Å². The molecule has 0 aliphatic heterocycles. The Morgan fingerprint density at radius 2 is 2.14 bits per heavy atom. The Labute approximate surface area is 127 Å². The first-order valence-electron chi connectivity index (χ1n) is 6.72. The number of nitro groups is 1. The first-order valence-corrected chi connectivity index (χ1v) is 6.72. The number of nitro benzene ring substituents is 1. The minimum atomic E-state index is -0.505. The molecule has 0 spiro atoms. The highest BCUT2D eigenvalue weighted by molar-refractivity contribution is 5.95. The monoisotopic (exact) mass is 303 g/mol. The van der Waals surface area contributed by atoms with Crippen LogP contribution in [-0.4, -0.2) is 29.3 Å². The number of carbonyl (C=O) groups excluding carboxylic acids is 1. The number of aryl methyl sites for hydroxylation is 1. The molecule has 1 amide bonds. The van der Waals surface area contributed by atoms with Gasteiger partial charge in [0.1, 0.15) is 11.4 Å². The summed E-state index contributed by atoms with van der Waals surface area (Å²) in [6.07, 6.45) is 1.57. The number of likely N-dealkylation sites (N-methyl/N-ethyl adjacent to an activating group) is 1. The lowest BCUT2D eigenvalue weighted by atomic mass is 10.1. The molecule has 1 aromatic heterocycles. The Bertz CT molecular complexity index is 667. The first-order chi connectivity index (χ1) is 10.5. The number of hydrogen-bond donors (Lipinski definition) is 1. The minimum Gasteiger partial charge on any atom is -0.468 e. The highest BCUT2D eigenvalue weighted by Gasteiger charge is 2.18. The van der Waals surface area contributed by atoms with Crippen LogP contribution in [0, 0.1) is 17.0 Å². The van der Waals surface area contributed by atoms with E-state index in [4.69, 9.17) is 4.42 Å². The number of rotatable bonds is 6. The van der Waals surface area contributed by atoms with Gasteiger partial charge in [-0.2, -0.15) is 0 Å². The fourth-order valence-electron chi connectivity index (χ4n) is 2.12. The molecule has 0 saturated carbocycles. The van der Waals surface area contributed by atoms with Gasteiger partial charge in [0.05, 0.1) is 24.3 Å². The van der Waals surface area contributed by atoms with Crippen molar-refractivity contribution in [1.82, 2.24) is 4.90 Å². The molecule has 0 fully saturated rings. The molecule has 0 bridgehead atoms. The maximum atomic E-state index is 12.1. The summed E-state index contributed by atoms with van der Waals surface area (Å²) < 4.78 is 5.21. The summed E-state index contributed by atoms with van der Waals surface area (Å²) in [5, 5.41) is 13.6. The maximum Gasteiger partial charge on any atom is 0.293 e. The summed E-state index contributed by atoms with van der Waals surface area (Å²) in [7, 11) is 1.77. The molecule has 1 heterocycles. The van der Waals surface area contributed by atoms with E-state index in [-0.39, 0.29) is 23.8 Å². The quantitative estimate of drug-likeness (QED) is 0.654. The summed E-state index contributed by atoms with van der Waals surface area (Å²) in [5.41, 5.74) is 0.780. The van der Waals surface area contributed by atoms with E-state index >= 15 is 0 Å². The number of benzene rings is 1. The molecule has 22 heavy (non-hydrogen) atoms. The molecule has 2 rings (SSSR count). The minimum absolute atomic E-state index is 0.103. The van der Waals surface area contributed by atoms with E-state index < -0.39 is 4.92 Å². The average molecular weight is 303 g/mol. The van der Waals surface area contributed by atoms with Crippen LogP contribution in [0.1, 0.15) is 11.3 Å². The largest absolute Gasteiger partial charge is 0.468 e. The molecule has 0 unspecified atom stereocenters. The molecule has 116 valence electrons.